The molecule has 0 amide bonds. The monoisotopic (exact) mass is 241 g/mol. The Bertz CT molecular complexity index is 289. The summed E-state index contributed by atoms with van der Waals surface area (Å²) in [5.74, 6) is 0.427. The fourth-order valence-electron chi connectivity index (χ4n) is 1.51. The minimum atomic E-state index is -3.20. The van der Waals surface area contributed by atoms with Crippen molar-refractivity contribution in [3.8, 4) is 0 Å². The van der Waals surface area contributed by atoms with Gasteiger partial charge < -0.3 is 5.11 Å². The molecule has 0 radical (unpaired) electrons. The lowest BCUT2D eigenvalue weighted by Gasteiger charge is -2.18. The van der Waals surface area contributed by atoms with Crippen LogP contribution in [0.3, 0.4) is 0 Å². The number of sulfonamides is 1. The lowest BCUT2D eigenvalue weighted by atomic mass is 10.1. The van der Waals surface area contributed by atoms with E-state index in [9.17, 15) is 13.5 Å². The third kappa shape index (κ3) is 3.08. The molecule has 1 saturated heterocycles. The summed E-state index contributed by atoms with van der Waals surface area (Å²) in [5.41, 5.74) is -0.867. The van der Waals surface area contributed by atoms with E-state index >= 15 is 0 Å². The van der Waals surface area contributed by atoms with E-state index in [-0.39, 0.29) is 12.3 Å². The summed E-state index contributed by atoms with van der Waals surface area (Å²) in [5, 5.41) is 9.62. The summed E-state index contributed by atoms with van der Waals surface area (Å²) in [6, 6.07) is 0. The van der Waals surface area contributed by atoms with Gasteiger partial charge in [0, 0.05) is 19.0 Å². The predicted octanol–water partition coefficient (Wildman–Crippen LogP) is 0.402. The molecule has 1 fully saturated rings. The largest absolute Gasteiger partial charge is 0.389 e. The average Bonchev–Trinajstić information content (AvgIpc) is 2.43. The summed E-state index contributed by atoms with van der Waals surface area (Å²) in [4.78, 5) is 0. The zero-order valence-corrected chi connectivity index (χ0v) is 9.81. The Hall–Kier alpha value is 0.160. The van der Waals surface area contributed by atoms with E-state index in [4.69, 9.17) is 11.6 Å². The zero-order valence-electron chi connectivity index (χ0n) is 8.24. The van der Waals surface area contributed by atoms with Gasteiger partial charge in [0.05, 0.1) is 11.4 Å². The van der Waals surface area contributed by atoms with Crippen molar-refractivity contribution in [2.24, 2.45) is 0 Å². The molecule has 1 N–H and O–H groups in total. The Morgan fingerprint density at radius 1 is 1.57 bits per heavy atom. The van der Waals surface area contributed by atoms with E-state index in [1.165, 1.54) is 4.31 Å². The van der Waals surface area contributed by atoms with Gasteiger partial charge in [-0.05, 0) is 19.8 Å². The first-order chi connectivity index (χ1) is 6.37. The van der Waals surface area contributed by atoms with Gasteiger partial charge in [-0.3, -0.25) is 0 Å². The van der Waals surface area contributed by atoms with E-state index in [0.717, 1.165) is 0 Å². The molecule has 14 heavy (non-hydrogen) atoms. The van der Waals surface area contributed by atoms with Gasteiger partial charge in [-0.25, -0.2) is 8.42 Å². The Labute approximate surface area is 89.9 Å². The molecule has 1 atom stereocenters. The van der Waals surface area contributed by atoms with Gasteiger partial charge >= 0.3 is 0 Å². The molecule has 0 spiro atoms. The molecule has 6 heteroatoms. The topological polar surface area (TPSA) is 57.6 Å². The molecule has 1 aliphatic rings. The highest BCUT2D eigenvalue weighted by atomic mass is 35.5. The fraction of sp³-hybridized carbons (Fsp3) is 1.00. The molecule has 0 bridgehead atoms. The highest BCUT2D eigenvalue weighted by Gasteiger charge is 2.37. The number of rotatable bonds is 4. The van der Waals surface area contributed by atoms with Gasteiger partial charge in [-0.15, -0.1) is 11.6 Å². The Morgan fingerprint density at radius 2 is 2.21 bits per heavy atom. The molecule has 1 rings (SSSR count). The lowest BCUT2D eigenvalue weighted by molar-refractivity contribution is 0.0762. The summed E-state index contributed by atoms with van der Waals surface area (Å²) >= 11 is 5.44. The van der Waals surface area contributed by atoms with Crippen molar-refractivity contribution in [2.75, 3.05) is 24.7 Å². The first-order valence-electron chi connectivity index (χ1n) is 4.64. The van der Waals surface area contributed by atoms with Gasteiger partial charge in [-0.1, -0.05) is 0 Å². The van der Waals surface area contributed by atoms with Crippen molar-refractivity contribution < 1.29 is 13.5 Å². The quantitative estimate of drug-likeness (QED) is 0.725. The van der Waals surface area contributed by atoms with Crippen LogP contribution >= 0.6 is 11.6 Å². The highest BCUT2D eigenvalue weighted by molar-refractivity contribution is 7.89. The van der Waals surface area contributed by atoms with Crippen LogP contribution in [0.1, 0.15) is 19.8 Å². The molecule has 0 aromatic carbocycles. The van der Waals surface area contributed by atoms with Crippen LogP contribution in [0.25, 0.3) is 0 Å². The van der Waals surface area contributed by atoms with Gasteiger partial charge in [0.25, 0.3) is 0 Å². The lowest BCUT2D eigenvalue weighted by Crippen LogP contribution is -2.35. The van der Waals surface area contributed by atoms with E-state index in [1.54, 1.807) is 6.92 Å². The molecular weight excluding hydrogens is 226 g/mol. The van der Waals surface area contributed by atoms with Gasteiger partial charge in [-0.2, -0.15) is 4.31 Å². The van der Waals surface area contributed by atoms with Crippen molar-refractivity contribution in [1.29, 1.82) is 0 Å². The summed E-state index contributed by atoms with van der Waals surface area (Å²) in [7, 11) is -3.20. The van der Waals surface area contributed by atoms with E-state index < -0.39 is 15.6 Å². The molecule has 1 heterocycles. The van der Waals surface area contributed by atoms with Crippen molar-refractivity contribution in [1.82, 2.24) is 4.31 Å². The van der Waals surface area contributed by atoms with Crippen LogP contribution < -0.4 is 0 Å². The second-order valence-electron chi connectivity index (χ2n) is 3.94. The third-order valence-corrected chi connectivity index (χ3v) is 4.52. The predicted molar refractivity (Wildman–Crippen MR) is 55.9 cm³/mol. The SMILES string of the molecule is CC1(O)CCN(S(=O)(=O)CCCCl)C1. The minimum absolute atomic E-state index is 0.0760. The summed E-state index contributed by atoms with van der Waals surface area (Å²) in [6.07, 6.45) is 0.968. The van der Waals surface area contributed by atoms with E-state index in [0.29, 0.717) is 25.3 Å². The zero-order chi connectivity index (χ0) is 10.8. The number of nitrogens with zero attached hydrogens (tertiary/aromatic N) is 1. The summed E-state index contributed by atoms with van der Waals surface area (Å²) < 4.78 is 24.6. The van der Waals surface area contributed by atoms with Gasteiger partial charge in [0.1, 0.15) is 0 Å². The standard InChI is InChI=1S/C8H16ClNO3S/c1-8(11)3-5-10(7-8)14(12,13)6-2-4-9/h11H,2-7H2,1H3. The molecular formula is C8H16ClNO3S. The first kappa shape index (κ1) is 12.2. The van der Waals surface area contributed by atoms with Gasteiger partial charge in [0.2, 0.25) is 10.0 Å². The average molecular weight is 242 g/mol. The second kappa shape index (κ2) is 4.35. The maximum Gasteiger partial charge on any atom is 0.214 e. The van der Waals surface area contributed by atoms with E-state index in [2.05, 4.69) is 0 Å². The Morgan fingerprint density at radius 3 is 2.64 bits per heavy atom. The van der Waals surface area contributed by atoms with Crippen molar-refractivity contribution in [3.05, 3.63) is 0 Å². The number of β-amino-alcohol motifs (C(OH)–C–C–N with tert-alkyl or cyclic N) is 1. The van der Waals surface area contributed by atoms with Crippen LogP contribution in [-0.2, 0) is 10.0 Å². The second-order valence-corrected chi connectivity index (χ2v) is 6.41. The number of hydrogen-bond acceptors (Lipinski definition) is 3. The molecule has 84 valence electrons. The van der Waals surface area contributed by atoms with Crippen LogP contribution in [0, 0.1) is 0 Å². The molecule has 4 nitrogen and oxygen atoms in total. The number of aliphatic hydroxyl groups is 1. The molecule has 1 aliphatic heterocycles. The maximum absolute atomic E-state index is 11.6. The number of alkyl halides is 1. The molecule has 0 saturated carbocycles. The van der Waals surface area contributed by atoms with Crippen molar-refractivity contribution in [2.45, 2.75) is 25.4 Å². The normalized spacial score (nSPS) is 29.6. The smallest absolute Gasteiger partial charge is 0.214 e. The highest BCUT2D eigenvalue weighted by Crippen LogP contribution is 2.23. The fourth-order valence-corrected chi connectivity index (χ4v) is 3.41. The summed E-state index contributed by atoms with van der Waals surface area (Å²) in [6.45, 7) is 2.28. The number of halogens is 1. The Kier molecular flexibility index (Phi) is 3.80. The van der Waals surface area contributed by atoms with Crippen molar-refractivity contribution in [3.63, 3.8) is 0 Å². The van der Waals surface area contributed by atoms with E-state index in [1.807, 2.05) is 0 Å². The molecule has 0 aromatic heterocycles. The minimum Gasteiger partial charge on any atom is -0.389 e. The first-order valence-corrected chi connectivity index (χ1v) is 6.78. The van der Waals surface area contributed by atoms with Gasteiger partial charge in [0.15, 0.2) is 0 Å². The molecule has 0 aromatic rings. The Balaban J connectivity index is 2.58. The molecule has 0 aliphatic carbocycles. The van der Waals surface area contributed by atoms with Crippen LogP contribution in [-0.4, -0.2) is 48.2 Å². The number of hydrogen-bond donors (Lipinski definition) is 1. The maximum atomic E-state index is 11.6. The van der Waals surface area contributed by atoms with Crippen LogP contribution in [0.2, 0.25) is 0 Å². The van der Waals surface area contributed by atoms with Crippen LogP contribution in [0.4, 0.5) is 0 Å². The van der Waals surface area contributed by atoms with Crippen LogP contribution in [0.5, 0.6) is 0 Å². The third-order valence-electron chi connectivity index (χ3n) is 2.35. The van der Waals surface area contributed by atoms with Crippen molar-refractivity contribution >= 4 is 21.6 Å². The van der Waals surface area contributed by atoms with Crippen LogP contribution in [0.15, 0.2) is 0 Å². The molecule has 1 unspecified atom stereocenters.